The molecule has 0 bridgehead atoms. The Morgan fingerprint density at radius 3 is 2.91 bits per heavy atom. The molecule has 7 heteroatoms. The molecule has 2 aromatic rings. The van der Waals surface area contributed by atoms with Gasteiger partial charge in [0, 0.05) is 35.8 Å². The molecule has 0 aliphatic rings. The molecule has 0 saturated carbocycles. The third-order valence-electron chi connectivity index (χ3n) is 3.36. The molecule has 2 rings (SSSR count). The Morgan fingerprint density at radius 1 is 1.45 bits per heavy atom. The number of aryl methyl sites for hydroxylation is 2. The molecule has 0 saturated heterocycles. The first-order valence-electron chi connectivity index (χ1n) is 7.51. The molecular weight excluding hydrogens is 296 g/mol. The largest absolute Gasteiger partial charge is 0.354 e. The molecule has 0 aromatic carbocycles. The maximum atomic E-state index is 4.27. The number of hydrogen-bond acceptors (Lipinski definition) is 4. The molecule has 0 spiro atoms. The number of hydrogen-bond donors (Lipinski definition) is 2. The van der Waals surface area contributed by atoms with Crippen LogP contribution in [0.1, 0.15) is 29.4 Å². The Balaban J connectivity index is 1.84. The zero-order chi connectivity index (χ0) is 15.9. The molecule has 2 aromatic heterocycles. The lowest BCUT2D eigenvalue weighted by Crippen LogP contribution is -2.43. The third-order valence-corrected chi connectivity index (χ3v) is 4.38. The smallest absolute Gasteiger partial charge is 0.191 e. The van der Waals surface area contributed by atoms with Crippen LogP contribution >= 0.6 is 11.3 Å². The average Bonchev–Trinajstić information content (AvgIpc) is 3.11. The lowest BCUT2D eigenvalue weighted by molar-refractivity contribution is 0.629. The van der Waals surface area contributed by atoms with Gasteiger partial charge in [-0.2, -0.15) is 0 Å². The van der Waals surface area contributed by atoms with Crippen molar-refractivity contribution in [1.29, 1.82) is 0 Å². The van der Waals surface area contributed by atoms with Gasteiger partial charge < -0.3 is 15.2 Å². The van der Waals surface area contributed by atoms with Gasteiger partial charge in [-0.1, -0.05) is 0 Å². The van der Waals surface area contributed by atoms with Crippen LogP contribution in [0.25, 0.3) is 0 Å². The highest BCUT2D eigenvalue weighted by molar-refractivity contribution is 7.11. The fourth-order valence-corrected chi connectivity index (χ4v) is 3.24. The lowest BCUT2D eigenvalue weighted by Gasteiger charge is -2.17. The van der Waals surface area contributed by atoms with Crippen LogP contribution in [0.4, 0.5) is 0 Å². The molecule has 0 aliphatic carbocycles. The summed E-state index contributed by atoms with van der Waals surface area (Å²) in [6, 6.07) is 4.67. The Morgan fingerprint density at radius 2 is 2.27 bits per heavy atom. The first-order valence-corrected chi connectivity index (χ1v) is 8.33. The summed E-state index contributed by atoms with van der Waals surface area (Å²) < 4.78 is 2.01. The number of guanidine groups is 1. The summed E-state index contributed by atoms with van der Waals surface area (Å²) in [5.41, 5.74) is 0. The van der Waals surface area contributed by atoms with Crippen LogP contribution < -0.4 is 10.6 Å². The van der Waals surface area contributed by atoms with Gasteiger partial charge in [0.25, 0.3) is 0 Å². The molecule has 2 heterocycles. The lowest BCUT2D eigenvalue weighted by atomic mass is 10.2. The number of rotatable bonds is 6. The quantitative estimate of drug-likeness (QED) is 0.631. The Bertz CT molecular complexity index is 615. The fraction of sp³-hybridized carbons (Fsp3) is 0.533. The molecule has 1 atom stereocenters. The summed E-state index contributed by atoms with van der Waals surface area (Å²) >= 11 is 1.85. The topological polar surface area (TPSA) is 67.1 Å². The van der Waals surface area contributed by atoms with Crippen molar-refractivity contribution in [3.8, 4) is 0 Å². The van der Waals surface area contributed by atoms with Crippen LogP contribution in [0.2, 0.25) is 0 Å². The van der Waals surface area contributed by atoms with E-state index in [9.17, 15) is 0 Å². The van der Waals surface area contributed by atoms with Crippen molar-refractivity contribution in [2.24, 2.45) is 4.99 Å². The van der Waals surface area contributed by atoms with Gasteiger partial charge in [0.2, 0.25) is 0 Å². The van der Waals surface area contributed by atoms with Crippen LogP contribution in [-0.2, 0) is 19.5 Å². The molecule has 0 amide bonds. The number of aromatic nitrogens is 3. The summed E-state index contributed by atoms with van der Waals surface area (Å²) in [6.45, 7) is 7.85. The summed E-state index contributed by atoms with van der Waals surface area (Å²) in [4.78, 5) is 7.01. The van der Waals surface area contributed by atoms with E-state index in [1.54, 1.807) is 13.4 Å². The minimum Gasteiger partial charge on any atom is -0.354 e. The van der Waals surface area contributed by atoms with Crippen molar-refractivity contribution in [1.82, 2.24) is 25.4 Å². The predicted octanol–water partition coefficient (Wildman–Crippen LogP) is 1.96. The number of aliphatic imine (C=N–C) groups is 1. The first-order chi connectivity index (χ1) is 10.6. The highest BCUT2D eigenvalue weighted by atomic mass is 32.1. The van der Waals surface area contributed by atoms with Gasteiger partial charge in [-0.05, 0) is 32.9 Å². The van der Waals surface area contributed by atoms with E-state index in [-0.39, 0.29) is 0 Å². The maximum absolute atomic E-state index is 4.27. The molecule has 22 heavy (non-hydrogen) atoms. The van der Waals surface area contributed by atoms with Crippen LogP contribution in [0.15, 0.2) is 23.5 Å². The van der Waals surface area contributed by atoms with Gasteiger partial charge in [0.05, 0.1) is 6.54 Å². The predicted molar refractivity (Wildman–Crippen MR) is 91.3 cm³/mol. The van der Waals surface area contributed by atoms with Crippen molar-refractivity contribution >= 4 is 17.3 Å². The first kappa shape index (κ1) is 16.5. The number of nitrogens with one attached hydrogen (secondary N) is 2. The van der Waals surface area contributed by atoms with Crippen LogP contribution in [0, 0.1) is 6.92 Å². The highest BCUT2D eigenvalue weighted by Gasteiger charge is 2.09. The number of thiophene rings is 1. The van der Waals surface area contributed by atoms with Gasteiger partial charge >= 0.3 is 0 Å². The summed E-state index contributed by atoms with van der Waals surface area (Å²) in [6.07, 6.45) is 2.74. The van der Waals surface area contributed by atoms with E-state index < -0.39 is 0 Å². The van der Waals surface area contributed by atoms with E-state index in [0.29, 0.717) is 12.6 Å². The Hall–Kier alpha value is -1.89. The minimum absolute atomic E-state index is 0.313. The fourth-order valence-electron chi connectivity index (χ4n) is 2.22. The molecule has 0 fully saturated rings. The number of nitrogens with zero attached hydrogens (tertiary/aromatic N) is 4. The van der Waals surface area contributed by atoms with Crippen molar-refractivity contribution in [2.45, 2.75) is 46.3 Å². The van der Waals surface area contributed by atoms with Gasteiger partial charge in [-0.3, -0.25) is 4.99 Å². The standard InChI is InChI=1S/C15H24N6S/c1-5-21-10-18-20-14(21)9-17-15(16-4)19-11(2)8-13-7-6-12(3)22-13/h6-7,10-11H,5,8-9H2,1-4H3,(H2,16,17,19). The van der Waals surface area contributed by atoms with Crippen LogP contribution in [-0.4, -0.2) is 33.8 Å². The second-order valence-electron chi connectivity index (χ2n) is 5.22. The SMILES string of the molecule is CCn1cnnc1CNC(=NC)NC(C)Cc1ccc(C)s1. The van der Waals surface area contributed by atoms with Crippen molar-refractivity contribution in [2.75, 3.05) is 7.05 Å². The third kappa shape index (κ3) is 4.56. The van der Waals surface area contributed by atoms with Gasteiger partial charge in [0.1, 0.15) is 6.33 Å². The summed E-state index contributed by atoms with van der Waals surface area (Å²) in [5.74, 6) is 1.69. The zero-order valence-corrected chi connectivity index (χ0v) is 14.4. The highest BCUT2D eigenvalue weighted by Crippen LogP contribution is 2.16. The molecule has 0 radical (unpaired) electrons. The molecule has 0 aliphatic heterocycles. The van der Waals surface area contributed by atoms with Gasteiger partial charge in [0.15, 0.2) is 11.8 Å². The molecule has 120 valence electrons. The van der Waals surface area contributed by atoms with E-state index in [1.165, 1.54) is 9.75 Å². The summed E-state index contributed by atoms with van der Waals surface area (Å²) in [7, 11) is 1.78. The van der Waals surface area contributed by atoms with Crippen LogP contribution in [0.5, 0.6) is 0 Å². The Kier molecular flexibility index (Phi) is 5.94. The van der Waals surface area contributed by atoms with Crippen molar-refractivity contribution < 1.29 is 0 Å². The van der Waals surface area contributed by atoms with Crippen molar-refractivity contribution in [3.63, 3.8) is 0 Å². The molecule has 6 nitrogen and oxygen atoms in total. The van der Waals surface area contributed by atoms with E-state index in [0.717, 1.165) is 24.7 Å². The second-order valence-corrected chi connectivity index (χ2v) is 6.59. The van der Waals surface area contributed by atoms with Crippen molar-refractivity contribution in [3.05, 3.63) is 34.0 Å². The van der Waals surface area contributed by atoms with Crippen LogP contribution in [0.3, 0.4) is 0 Å². The van der Waals surface area contributed by atoms with E-state index in [2.05, 4.69) is 58.7 Å². The van der Waals surface area contributed by atoms with E-state index in [4.69, 9.17) is 0 Å². The maximum Gasteiger partial charge on any atom is 0.191 e. The minimum atomic E-state index is 0.313. The van der Waals surface area contributed by atoms with Gasteiger partial charge in [-0.15, -0.1) is 21.5 Å². The summed E-state index contributed by atoms with van der Waals surface area (Å²) in [5, 5.41) is 14.7. The Labute approximate surface area is 135 Å². The average molecular weight is 320 g/mol. The molecular formula is C15H24N6S. The monoisotopic (exact) mass is 320 g/mol. The second kappa shape index (κ2) is 7.93. The van der Waals surface area contributed by atoms with E-state index >= 15 is 0 Å². The molecule has 1 unspecified atom stereocenters. The zero-order valence-electron chi connectivity index (χ0n) is 13.6. The molecule has 2 N–H and O–H groups in total. The van der Waals surface area contributed by atoms with Gasteiger partial charge in [-0.25, -0.2) is 0 Å². The normalized spacial score (nSPS) is 13.2. The van der Waals surface area contributed by atoms with E-state index in [1.807, 2.05) is 15.9 Å².